The predicted molar refractivity (Wildman–Crippen MR) is 84.0 cm³/mol. The molecule has 0 amide bonds. The van der Waals surface area contributed by atoms with Crippen LogP contribution in [0.4, 0.5) is 0 Å². The smallest absolute Gasteiger partial charge is 0.122 e. The molecule has 20 heavy (non-hydrogen) atoms. The van der Waals surface area contributed by atoms with Gasteiger partial charge in [-0.2, -0.15) is 0 Å². The largest absolute Gasteiger partial charge is 0.497 e. The van der Waals surface area contributed by atoms with Gasteiger partial charge in [0.2, 0.25) is 0 Å². The number of methoxy groups -OCH3 is 1. The number of benzene rings is 2. The molecule has 0 spiro atoms. The molecule has 0 aromatic heterocycles. The van der Waals surface area contributed by atoms with Crippen LogP contribution in [0.25, 0.3) is 0 Å². The first-order valence-corrected chi connectivity index (χ1v) is 7.71. The molecule has 1 aliphatic heterocycles. The topological polar surface area (TPSA) is 18.5 Å². The minimum Gasteiger partial charge on any atom is -0.497 e. The molecule has 3 heteroatoms. The average molecular weight is 333 g/mol. The van der Waals surface area contributed by atoms with E-state index in [0.29, 0.717) is 10.7 Å². The molecule has 0 bridgehead atoms. The SMILES string of the molecule is COc1ccc(C(Br)C2CCOc3ccccc32)cc1. The highest BCUT2D eigenvalue weighted by Crippen LogP contribution is 2.45. The standard InChI is InChI=1S/C17H17BrO2/c1-19-13-8-6-12(7-9-13)17(18)15-10-11-20-16-5-3-2-4-14(15)16/h2-9,15,17H,10-11H2,1H3. The molecule has 1 aliphatic rings. The van der Waals surface area contributed by atoms with Crippen molar-refractivity contribution in [1.82, 2.24) is 0 Å². The molecule has 2 atom stereocenters. The fourth-order valence-electron chi connectivity index (χ4n) is 2.69. The number of halogens is 1. The number of para-hydroxylation sites is 1. The van der Waals surface area contributed by atoms with E-state index in [-0.39, 0.29) is 0 Å². The summed E-state index contributed by atoms with van der Waals surface area (Å²) in [6, 6.07) is 16.6. The maximum absolute atomic E-state index is 5.74. The highest BCUT2D eigenvalue weighted by molar-refractivity contribution is 9.09. The molecular weight excluding hydrogens is 316 g/mol. The van der Waals surface area contributed by atoms with Crippen LogP contribution < -0.4 is 9.47 Å². The average Bonchev–Trinajstić information content (AvgIpc) is 2.54. The molecule has 3 rings (SSSR count). The Morgan fingerprint density at radius 1 is 1.15 bits per heavy atom. The predicted octanol–water partition coefficient (Wildman–Crippen LogP) is 4.70. The Bertz CT molecular complexity index is 580. The summed E-state index contributed by atoms with van der Waals surface area (Å²) in [4.78, 5) is 0.290. The van der Waals surface area contributed by atoms with Gasteiger partial charge >= 0.3 is 0 Å². The third kappa shape index (κ3) is 2.55. The van der Waals surface area contributed by atoms with Crippen LogP contribution in [0.15, 0.2) is 48.5 Å². The van der Waals surface area contributed by atoms with E-state index in [0.717, 1.165) is 24.5 Å². The first-order valence-electron chi connectivity index (χ1n) is 6.79. The van der Waals surface area contributed by atoms with E-state index in [1.54, 1.807) is 7.11 Å². The van der Waals surface area contributed by atoms with Gasteiger partial charge < -0.3 is 9.47 Å². The second-order valence-electron chi connectivity index (χ2n) is 4.96. The number of hydrogen-bond acceptors (Lipinski definition) is 2. The second-order valence-corrected chi connectivity index (χ2v) is 5.94. The molecule has 0 aliphatic carbocycles. The van der Waals surface area contributed by atoms with Gasteiger partial charge in [-0.3, -0.25) is 0 Å². The molecular formula is C17H17BrO2. The summed E-state index contributed by atoms with van der Waals surface area (Å²) < 4.78 is 11.0. The molecule has 2 aromatic carbocycles. The van der Waals surface area contributed by atoms with E-state index in [9.17, 15) is 0 Å². The van der Waals surface area contributed by atoms with Crippen molar-refractivity contribution in [1.29, 1.82) is 0 Å². The van der Waals surface area contributed by atoms with Gasteiger partial charge in [-0.25, -0.2) is 0 Å². The van der Waals surface area contributed by atoms with Crippen LogP contribution in [-0.2, 0) is 0 Å². The van der Waals surface area contributed by atoms with Crippen molar-refractivity contribution >= 4 is 15.9 Å². The van der Waals surface area contributed by atoms with Crippen molar-refractivity contribution in [3.05, 3.63) is 59.7 Å². The third-order valence-electron chi connectivity index (χ3n) is 3.79. The second kappa shape index (κ2) is 5.88. The first-order chi connectivity index (χ1) is 9.79. The summed E-state index contributed by atoms with van der Waals surface area (Å²) in [6.45, 7) is 0.778. The van der Waals surface area contributed by atoms with Gasteiger partial charge in [-0.15, -0.1) is 0 Å². The summed E-state index contributed by atoms with van der Waals surface area (Å²) in [5.74, 6) is 2.34. The molecule has 0 radical (unpaired) electrons. The summed E-state index contributed by atoms with van der Waals surface area (Å²) in [5, 5.41) is 0. The molecule has 0 fully saturated rings. The van der Waals surface area contributed by atoms with Gasteiger partial charge in [0.1, 0.15) is 11.5 Å². The first kappa shape index (κ1) is 13.5. The molecule has 0 N–H and O–H groups in total. The minimum absolute atomic E-state index is 0.290. The summed E-state index contributed by atoms with van der Waals surface area (Å²) >= 11 is 3.87. The van der Waals surface area contributed by atoms with Crippen LogP contribution in [0.3, 0.4) is 0 Å². The van der Waals surface area contributed by atoms with Gasteiger partial charge in [0, 0.05) is 10.7 Å². The fourth-order valence-corrected chi connectivity index (χ4v) is 3.55. The van der Waals surface area contributed by atoms with E-state index in [1.807, 2.05) is 18.2 Å². The maximum atomic E-state index is 5.74. The van der Waals surface area contributed by atoms with Crippen LogP contribution in [-0.4, -0.2) is 13.7 Å². The normalized spacial score (nSPS) is 18.8. The van der Waals surface area contributed by atoms with E-state index in [2.05, 4.69) is 46.3 Å². The number of ether oxygens (including phenoxy) is 2. The van der Waals surface area contributed by atoms with Crippen LogP contribution >= 0.6 is 15.9 Å². The van der Waals surface area contributed by atoms with Gasteiger partial charge in [0.15, 0.2) is 0 Å². The number of hydrogen-bond donors (Lipinski definition) is 0. The zero-order chi connectivity index (χ0) is 13.9. The van der Waals surface area contributed by atoms with Crippen molar-refractivity contribution < 1.29 is 9.47 Å². The quantitative estimate of drug-likeness (QED) is 0.758. The van der Waals surface area contributed by atoms with Crippen molar-refractivity contribution in [2.75, 3.05) is 13.7 Å². The Labute approximate surface area is 127 Å². The molecule has 104 valence electrons. The molecule has 2 aromatic rings. The van der Waals surface area contributed by atoms with E-state index in [4.69, 9.17) is 9.47 Å². The van der Waals surface area contributed by atoms with Crippen LogP contribution in [0, 0.1) is 0 Å². The molecule has 0 saturated heterocycles. The third-order valence-corrected chi connectivity index (χ3v) is 4.96. The van der Waals surface area contributed by atoms with E-state index >= 15 is 0 Å². The number of alkyl halides is 1. The summed E-state index contributed by atoms with van der Waals surface area (Å²) in [5.41, 5.74) is 2.56. The zero-order valence-corrected chi connectivity index (χ0v) is 13.0. The van der Waals surface area contributed by atoms with Crippen molar-refractivity contribution in [2.45, 2.75) is 17.2 Å². The van der Waals surface area contributed by atoms with E-state index in [1.165, 1.54) is 11.1 Å². The minimum atomic E-state index is 0.290. The Hall–Kier alpha value is -1.48. The number of fused-ring (bicyclic) bond motifs is 1. The molecule has 2 nitrogen and oxygen atoms in total. The lowest BCUT2D eigenvalue weighted by atomic mass is 9.87. The number of rotatable bonds is 3. The Balaban J connectivity index is 1.89. The molecule has 0 saturated carbocycles. The Kier molecular flexibility index (Phi) is 3.97. The lowest BCUT2D eigenvalue weighted by Gasteiger charge is -2.29. The lowest BCUT2D eigenvalue weighted by Crippen LogP contribution is -2.17. The fraction of sp³-hybridized carbons (Fsp3) is 0.294. The monoisotopic (exact) mass is 332 g/mol. The zero-order valence-electron chi connectivity index (χ0n) is 11.4. The maximum Gasteiger partial charge on any atom is 0.122 e. The van der Waals surface area contributed by atoms with Crippen molar-refractivity contribution in [3.8, 4) is 11.5 Å². The lowest BCUT2D eigenvalue weighted by molar-refractivity contribution is 0.266. The van der Waals surface area contributed by atoms with Gasteiger partial charge in [-0.05, 0) is 35.7 Å². The van der Waals surface area contributed by atoms with E-state index < -0.39 is 0 Å². The summed E-state index contributed by atoms with van der Waals surface area (Å²) in [7, 11) is 1.69. The van der Waals surface area contributed by atoms with Gasteiger partial charge in [0.25, 0.3) is 0 Å². The van der Waals surface area contributed by atoms with Crippen LogP contribution in [0.2, 0.25) is 0 Å². The molecule has 2 unspecified atom stereocenters. The highest BCUT2D eigenvalue weighted by atomic mass is 79.9. The van der Waals surface area contributed by atoms with Crippen LogP contribution in [0.1, 0.15) is 28.3 Å². The van der Waals surface area contributed by atoms with Crippen LogP contribution in [0.5, 0.6) is 11.5 Å². The Morgan fingerprint density at radius 3 is 2.65 bits per heavy atom. The van der Waals surface area contributed by atoms with Crippen molar-refractivity contribution in [3.63, 3.8) is 0 Å². The van der Waals surface area contributed by atoms with Gasteiger partial charge in [0.05, 0.1) is 13.7 Å². The molecule has 1 heterocycles. The van der Waals surface area contributed by atoms with Crippen molar-refractivity contribution in [2.24, 2.45) is 0 Å². The van der Waals surface area contributed by atoms with Gasteiger partial charge in [-0.1, -0.05) is 46.3 Å². The summed E-state index contributed by atoms with van der Waals surface area (Å²) in [6.07, 6.45) is 1.03. The Morgan fingerprint density at radius 2 is 1.90 bits per heavy atom. The highest BCUT2D eigenvalue weighted by Gasteiger charge is 2.28.